The highest BCUT2D eigenvalue weighted by Gasteiger charge is 2.53. The highest BCUT2D eigenvalue weighted by molar-refractivity contribution is 7.99. The lowest BCUT2D eigenvalue weighted by Crippen LogP contribution is -2.64. The number of carbonyl (C=O) groups excluding carboxylic acids is 3. The molecular weight excluding hydrogens is 278 g/mol. The maximum atomic E-state index is 12.6. The maximum absolute atomic E-state index is 12.6. The van der Waals surface area contributed by atoms with Crippen molar-refractivity contribution >= 4 is 29.5 Å². The Balaban J connectivity index is 1.76. The van der Waals surface area contributed by atoms with Gasteiger partial charge in [-0.3, -0.25) is 14.4 Å². The number of carbonyl (C=O) groups is 3. The summed E-state index contributed by atoms with van der Waals surface area (Å²) in [6.07, 6.45) is 4.21. The van der Waals surface area contributed by atoms with Gasteiger partial charge in [0.1, 0.15) is 12.1 Å². The lowest BCUT2D eigenvalue weighted by Gasteiger charge is -2.40. The summed E-state index contributed by atoms with van der Waals surface area (Å²) in [5, 5.41) is 2.91. The van der Waals surface area contributed by atoms with Crippen molar-refractivity contribution in [3.63, 3.8) is 0 Å². The van der Waals surface area contributed by atoms with E-state index in [1.807, 2.05) is 6.26 Å². The van der Waals surface area contributed by atoms with Gasteiger partial charge in [-0.25, -0.2) is 0 Å². The summed E-state index contributed by atoms with van der Waals surface area (Å²) in [4.78, 5) is 40.1. The normalized spacial score (nSPS) is 32.4. The van der Waals surface area contributed by atoms with Gasteiger partial charge in [-0.1, -0.05) is 0 Å². The van der Waals surface area contributed by atoms with Gasteiger partial charge in [-0.2, -0.15) is 11.8 Å². The summed E-state index contributed by atoms with van der Waals surface area (Å²) in [5.74, 6) is 0.401. The van der Waals surface area contributed by atoms with Crippen LogP contribution in [0.4, 0.5) is 0 Å². The van der Waals surface area contributed by atoms with Crippen LogP contribution in [0.5, 0.6) is 0 Å². The van der Waals surface area contributed by atoms with Crippen LogP contribution in [0, 0.1) is 0 Å². The van der Waals surface area contributed by atoms with Crippen molar-refractivity contribution in [2.75, 3.05) is 25.1 Å². The number of rotatable bonds is 3. The summed E-state index contributed by atoms with van der Waals surface area (Å²) in [5.41, 5.74) is 0. The van der Waals surface area contributed by atoms with Gasteiger partial charge in [0.25, 0.3) is 0 Å². The first-order valence-electron chi connectivity index (χ1n) is 7.02. The Morgan fingerprint density at radius 1 is 1.25 bits per heavy atom. The molecule has 110 valence electrons. The highest BCUT2D eigenvalue weighted by Crippen LogP contribution is 2.32. The number of amides is 3. The van der Waals surface area contributed by atoms with Crippen LogP contribution in [0.25, 0.3) is 0 Å². The molecule has 3 amide bonds. The molecule has 3 saturated heterocycles. The Kier molecular flexibility index (Phi) is 3.62. The van der Waals surface area contributed by atoms with Crippen LogP contribution >= 0.6 is 11.8 Å². The zero-order chi connectivity index (χ0) is 14.3. The molecule has 3 atom stereocenters. The molecule has 3 aliphatic heterocycles. The van der Waals surface area contributed by atoms with Gasteiger partial charge >= 0.3 is 0 Å². The third-order valence-corrected chi connectivity index (χ3v) is 4.93. The van der Waals surface area contributed by atoms with Crippen molar-refractivity contribution in [1.29, 1.82) is 0 Å². The van der Waals surface area contributed by atoms with Gasteiger partial charge in [0, 0.05) is 13.1 Å². The Labute approximate surface area is 122 Å². The lowest BCUT2D eigenvalue weighted by molar-refractivity contribution is -0.157. The van der Waals surface area contributed by atoms with E-state index in [-0.39, 0.29) is 29.8 Å². The fourth-order valence-corrected chi connectivity index (χ4v) is 3.87. The average molecular weight is 297 g/mol. The molecule has 3 fully saturated rings. The van der Waals surface area contributed by atoms with E-state index >= 15 is 0 Å². The molecule has 20 heavy (non-hydrogen) atoms. The van der Waals surface area contributed by atoms with Gasteiger partial charge < -0.3 is 15.1 Å². The number of thioether (sulfide) groups is 1. The van der Waals surface area contributed by atoms with E-state index in [4.69, 9.17) is 0 Å². The Morgan fingerprint density at radius 3 is 2.80 bits per heavy atom. The minimum absolute atomic E-state index is 0.0130. The van der Waals surface area contributed by atoms with E-state index < -0.39 is 6.04 Å². The van der Waals surface area contributed by atoms with Gasteiger partial charge in [-0.15, -0.1) is 0 Å². The molecule has 0 radical (unpaired) electrons. The molecule has 0 aromatic rings. The third-order valence-electron chi connectivity index (χ3n) is 4.38. The summed E-state index contributed by atoms with van der Waals surface area (Å²) < 4.78 is 0. The standard InChI is InChI=1S/C13H19N3O3S/c1-20-7-10(17)14-8-4-6-16-11(8)13(19)15-5-2-3-9(15)12(16)18/h8-9,11H,2-7H2,1H3,(H,14,17). The molecule has 6 nitrogen and oxygen atoms in total. The second-order valence-corrected chi connectivity index (χ2v) is 6.43. The van der Waals surface area contributed by atoms with E-state index in [0.29, 0.717) is 25.3 Å². The summed E-state index contributed by atoms with van der Waals surface area (Å²) >= 11 is 1.45. The third kappa shape index (κ3) is 2.08. The van der Waals surface area contributed by atoms with Crippen molar-refractivity contribution in [3.05, 3.63) is 0 Å². The molecule has 0 aromatic carbocycles. The summed E-state index contributed by atoms with van der Waals surface area (Å²) in [7, 11) is 0. The van der Waals surface area contributed by atoms with E-state index in [1.165, 1.54) is 11.8 Å². The van der Waals surface area contributed by atoms with Crippen LogP contribution in [-0.2, 0) is 14.4 Å². The number of fused-ring (bicyclic) bond motifs is 2. The molecule has 3 aliphatic rings. The summed E-state index contributed by atoms with van der Waals surface area (Å²) in [6.45, 7) is 1.24. The number of nitrogens with zero attached hydrogens (tertiary/aromatic N) is 2. The van der Waals surface area contributed by atoms with E-state index in [0.717, 1.165) is 12.8 Å². The van der Waals surface area contributed by atoms with Crippen molar-refractivity contribution in [2.24, 2.45) is 0 Å². The first-order valence-corrected chi connectivity index (χ1v) is 8.42. The van der Waals surface area contributed by atoms with Crippen LogP contribution in [0.3, 0.4) is 0 Å². The van der Waals surface area contributed by atoms with Crippen LogP contribution in [-0.4, -0.2) is 70.7 Å². The highest BCUT2D eigenvalue weighted by atomic mass is 32.2. The molecule has 3 unspecified atom stereocenters. The Hall–Kier alpha value is -1.24. The molecule has 7 heteroatoms. The van der Waals surface area contributed by atoms with Crippen molar-refractivity contribution in [1.82, 2.24) is 15.1 Å². The fraction of sp³-hybridized carbons (Fsp3) is 0.769. The number of hydrogen-bond acceptors (Lipinski definition) is 4. The second-order valence-electron chi connectivity index (χ2n) is 5.56. The molecule has 1 N–H and O–H groups in total. The molecule has 0 bridgehead atoms. The molecule has 3 heterocycles. The first kappa shape index (κ1) is 13.7. The van der Waals surface area contributed by atoms with Crippen LogP contribution in [0.1, 0.15) is 19.3 Å². The molecule has 3 rings (SSSR count). The second kappa shape index (κ2) is 5.27. The SMILES string of the molecule is CSCC(=O)NC1CCN2C(=O)C3CCCN3C(=O)C12. The molecule has 0 saturated carbocycles. The number of piperazine rings is 1. The smallest absolute Gasteiger partial charge is 0.248 e. The predicted octanol–water partition coefficient (Wildman–Crippen LogP) is -0.560. The van der Waals surface area contributed by atoms with Gasteiger partial charge in [0.05, 0.1) is 11.8 Å². The Morgan fingerprint density at radius 2 is 2.05 bits per heavy atom. The van der Waals surface area contributed by atoms with Crippen molar-refractivity contribution < 1.29 is 14.4 Å². The number of hydrogen-bond donors (Lipinski definition) is 1. The minimum Gasteiger partial charge on any atom is -0.350 e. The number of nitrogens with one attached hydrogen (secondary N) is 1. The van der Waals surface area contributed by atoms with Crippen molar-refractivity contribution in [2.45, 2.75) is 37.4 Å². The maximum Gasteiger partial charge on any atom is 0.248 e. The van der Waals surface area contributed by atoms with E-state index in [1.54, 1.807) is 9.80 Å². The zero-order valence-corrected chi connectivity index (χ0v) is 12.3. The summed E-state index contributed by atoms with van der Waals surface area (Å²) in [6, 6.07) is -0.963. The van der Waals surface area contributed by atoms with E-state index in [2.05, 4.69) is 5.32 Å². The average Bonchev–Trinajstić information content (AvgIpc) is 3.03. The topological polar surface area (TPSA) is 69.7 Å². The molecule has 0 aliphatic carbocycles. The molecule has 0 spiro atoms. The fourth-order valence-electron chi connectivity index (χ4n) is 3.52. The Bertz CT molecular complexity index is 456. The quantitative estimate of drug-likeness (QED) is 0.758. The molecular formula is C13H19N3O3S. The van der Waals surface area contributed by atoms with Crippen LogP contribution in [0.2, 0.25) is 0 Å². The van der Waals surface area contributed by atoms with Gasteiger partial charge in [0.2, 0.25) is 17.7 Å². The largest absolute Gasteiger partial charge is 0.350 e. The van der Waals surface area contributed by atoms with Crippen LogP contribution < -0.4 is 5.32 Å². The van der Waals surface area contributed by atoms with Crippen molar-refractivity contribution in [3.8, 4) is 0 Å². The van der Waals surface area contributed by atoms with Crippen LogP contribution in [0.15, 0.2) is 0 Å². The minimum atomic E-state index is -0.484. The first-order chi connectivity index (χ1) is 9.63. The predicted molar refractivity (Wildman–Crippen MR) is 75.2 cm³/mol. The monoisotopic (exact) mass is 297 g/mol. The molecule has 0 aromatic heterocycles. The van der Waals surface area contributed by atoms with Gasteiger partial charge in [-0.05, 0) is 25.5 Å². The zero-order valence-electron chi connectivity index (χ0n) is 11.5. The van der Waals surface area contributed by atoms with Gasteiger partial charge in [0.15, 0.2) is 0 Å². The van der Waals surface area contributed by atoms with E-state index in [9.17, 15) is 14.4 Å². The lowest BCUT2D eigenvalue weighted by atomic mass is 10.0.